The highest BCUT2D eigenvalue weighted by Crippen LogP contribution is 2.19. The van der Waals surface area contributed by atoms with E-state index in [1.807, 2.05) is 0 Å². The molecule has 0 aliphatic rings. The van der Waals surface area contributed by atoms with Gasteiger partial charge >= 0.3 is 0 Å². The van der Waals surface area contributed by atoms with Crippen molar-refractivity contribution in [3.8, 4) is 0 Å². The molecule has 0 atom stereocenters. The standard InChI is InChI=1S/C8H13NO4S/c1-4-6(10)7(9)8(2,3)5-14(11,12)13/h4,9H,1,5H2,2-3H3,(H,11,12,13). The molecule has 0 rings (SSSR count). The van der Waals surface area contributed by atoms with Crippen LogP contribution in [-0.4, -0.2) is 30.2 Å². The highest BCUT2D eigenvalue weighted by atomic mass is 32.2. The van der Waals surface area contributed by atoms with Gasteiger partial charge in [-0.25, -0.2) is 0 Å². The minimum Gasteiger partial charge on any atom is -0.301 e. The lowest BCUT2D eigenvalue weighted by atomic mass is 9.87. The van der Waals surface area contributed by atoms with Crippen LogP contribution in [0, 0.1) is 10.8 Å². The summed E-state index contributed by atoms with van der Waals surface area (Å²) in [5.74, 6) is -1.29. The number of hydrogen-bond donors (Lipinski definition) is 2. The monoisotopic (exact) mass is 219 g/mol. The van der Waals surface area contributed by atoms with E-state index in [0.717, 1.165) is 6.08 Å². The Morgan fingerprint density at radius 1 is 1.57 bits per heavy atom. The van der Waals surface area contributed by atoms with Crippen LogP contribution in [0.2, 0.25) is 0 Å². The Morgan fingerprint density at radius 2 is 2.00 bits per heavy atom. The Kier molecular flexibility index (Phi) is 3.73. The molecular formula is C8H13NO4S. The zero-order chi connectivity index (χ0) is 11.6. The number of carbonyl (C=O) groups excluding carboxylic acids is 1. The Balaban J connectivity index is 4.89. The molecule has 80 valence electrons. The van der Waals surface area contributed by atoms with Crippen LogP contribution in [0.15, 0.2) is 12.7 Å². The molecule has 0 bridgehead atoms. The smallest absolute Gasteiger partial charge is 0.265 e. The third-order valence-corrected chi connectivity index (χ3v) is 2.74. The predicted molar refractivity (Wildman–Crippen MR) is 53.1 cm³/mol. The maximum Gasteiger partial charge on any atom is 0.265 e. The third-order valence-electron chi connectivity index (χ3n) is 1.65. The van der Waals surface area contributed by atoms with Gasteiger partial charge in [-0.15, -0.1) is 0 Å². The summed E-state index contributed by atoms with van der Waals surface area (Å²) in [5.41, 5.74) is -1.59. The van der Waals surface area contributed by atoms with Gasteiger partial charge in [0.25, 0.3) is 10.1 Å². The van der Waals surface area contributed by atoms with Gasteiger partial charge in [0.2, 0.25) is 0 Å². The summed E-state index contributed by atoms with van der Waals surface area (Å²) in [7, 11) is -4.20. The summed E-state index contributed by atoms with van der Waals surface area (Å²) in [6.45, 7) is 5.98. The van der Waals surface area contributed by atoms with Gasteiger partial charge in [0, 0.05) is 5.41 Å². The number of rotatable bonds is 5. The Bertz CT molecular complexity index is 367. The molecule has 0 heterocycles. The molecule has 0 fully saturated rings. The maximum atomic E-state index is 11.0. The molecule has 0 aromatic rings. The summed E-state index contributed by atoms with van der Waals surface area (Å²) in [4.78, 5) is 11.0. The van der Waals surface area contributed by atoms with Gasteiger partial charge in [-0.1, -0.05) is 20.4 Å². The molecular weight excluding hydrogens is 206 g/mol. The van der Waals surface area contributed by atoms with Crippen LogP contribution in [0.4, 0.5) is 0 Å². The molecule has 2 N–H and O–H groups in total. The van der Waals surface area contributed by atoms with Crippen molar-refractivity contribution in [2.45, 2.75) is 13.8 Å². The van der Waals surface area contributed by atoms with Gasteiger partial charge in [0.05, 0.1) is 11.5 Å². The number of allylic oxidation sites excluding steroid dienone is 1. The van der Waals surface area contributed by atoms with E-state index in [1.165, 1.54) is 13.8 Å². The van der Waals surface area contributed by atoms with Gasteiger partial charge in [-0.2, -0.15) is 8.42 Å². The van der Waals surface area contributed by atoms with Gasteiger partial charge in [-0.05, 0) is 6.08 Å². The summed E-state index contributed by atoms with van der Waals surface area (Å²) >= 11 is 0. The first-order chi connectivity index (χ1) is 6.10. The first-order valence-electron chi connectivity index (χ1n) is 3.81. The highest BCUT2D eigenvalue weighted by Gasteiger charge is 2.32. The third kappa shape index (κ3) is 3.80. The van der Waals surface area contributed by atoms with Crippen LogP contribution in [0.25, 0.3) is 0 Å². The van der Waals surface area contributed by atoms with Crippen molar-refractivity contribution in [3.05, 3.63) is 12.7 Å². The van der Waals surface area contributed by atoms with Crippen molar-refractivity contribution in [2.24, 2.45) is 5.41 Å². The van der Waals surface area contributed by atoms with E-state index >= 15 is 0 Å². The molecule has 5 nitrogen and oxygen atoms in total. The van der Waals surface area contributed by atoms with Crippen LogP contribution in [-0.2, 0) is 14.9 Å². The summed E-state index contributed by atoms with van der Waals surface area (Å²) in [6.07, 6.45) is 0.939. The normalized spacial score (nSPS) is 12.2. The summed E-state index contributed by atoms with van der Waals surface area (Å²) < 4.78 is 29.8. The average Bonchev–Trinajstić information content (AvgIpc) is 1.97. The number of ketones is 1. The van der Waals surface area contributed by atoms with Crippen LogP contribution >= 0.6 is 0 Å². The molecule has 0 aromatic carbocycles. The Morgan fingerprint density at radius 3 is 2.29 bits per heavy atom. The van der Waals surface area contributed by atoms with E-state index in [0.29, 0.717) is 0 Å². The molecule has 0 aliphatic heterocycles. The van der Waals surface area contributed by atoms with E-state index in [9.17, 15) is 13.2 Å². The predicted octanol–water partition coefficient (Wildman–Crippen LogP) is 0.675. The van der Waals surface area contributed by atoms with Crippen molar-refractivity contribution in [1.29, 1.82) is 5.41 Å². The minimum atomic E-state index is -4.20. The summed E-state index contributed by atoms with van der Waals surface area (Å²) in [6, 6.07) is 0. The first kappa shape index (κ1) is 13.0. The molecule has 0 amide bonds. The molecule has 0 aromatic heterocycles. The fourth-order valence-electron chi connectivity index (χ4n) is 0.964. The first-order valence-corrected chi connectivity index (χ1v) is 5.42. The largest absolute Gasteiger partial charge is 0.301 e. The van der Waals surface area contributed by atoms with Crippen molar-refractivity contribution in [3.63, 3.8) is 0 Å². The molecule has 6 heteroatoms. The number of carbonyl (C=O) groups is 1. The molecule has 0 saturated carbocycles. The SMILES string of the molecule is C=CC(=O)C(=N)C(C)(C)CS(=O)(=O)O. The van der Waals surface area contributed by atoms with E-state index in [-0.39, 0.29) is 5.71 Å². The van der Waals surface area contributed by atoms with Crippen LogP contribution in [0.5, 0.6) is 0 Å². The van der Waals surface area contributed by atoms with E-state index in [4.69, 9.17) is 9.96 Å². The lowest BCUT2D eigenvalue weighted by molar-refractivity contribution is -0.109. The fraction of sp³-hybridized carbons (Fsp3) is 0.500. The fourth-order valence-corrected chi connectivity index (χ4v) is 2.02. The van der Waals surface area contributed by atoms with Gasteiger partial charge < -0.3 is 5.41 Å². The van der Waals surface area contributed by atoms with Crippen molar-refractivity contribution >= 4 is 21.6 Å². The quantitative estimate of drug-likeness (QED) is 0.403. The van der Waals surface area contributed by atoms with Gasteiger partial charge in [-0.3, -0.25) is 9.35 Å². The topological polar surface area (TPSA) is 95.3 Å². The molecule has 14 heavy (non-hydrogen) atoms. The Labute approximate surface area is 83.1 Å². The van der Waals surface area contributed by atoms with Crippen molar-refractivity contribution in [1.82, 2.24) is 0 Å². The summed E-state index contributed by atoms with van der Waals surface area (Å²) in [5, 5.41) is 7.38. The minimum absolute atomic E-state index is 0.384. The van der Waals surface area contributed by atoms with Gasteiger partial charge in [0.15, 0.2) is 5.78 Å². The zero-order valence-electron chi connectivity index (χ0n) is 8.07. The van der Waals surface area contributed by atoms with Crippen LogP contribution in [0.3, 0.4) is 0 Å². The van der Waals surface area contributed by atoms with Crippen LogP contribution < -0.4 is 0 Å². The second-order valence-electron chi connectivity index (χ2n) is 3.55. The van der Waals surface area contributed by atoms with E-state index in [1.54, 1.807) is 0 Å². The molecule has 0 unspecified atom stereocenters. The van der Waals surface area contributed by atoms with E-state index < -0.39 is 27.1 Å². The lowest BCUT2D eigenvalue weighted by Gasteiger charge is -2.21. The second-order valence-corrected chi connectivity index (χ2v) is 5.01. The van der Waals surface area contributed by atoms with Crippen molar-refractivity contribution < 1.29 is 17.8 Å². The Hall–Kier alpha value is -1.01. The highest BCUT2D eigenvalue weighted by molar-refractivity contribution is 7.85. The average molecular weight is 219 g/mol. The molecule has 0 radical (unpaired) electrons. The number of hydrogen-bond acceptors (Lipinski definition) is 4. The van der Waals surface area contributed by atoms with E-state index in [2.05, 4.69) is 6.58 Å². The molecule has 0 spiro atoms. The lowest BCUT2D eigenvalue weighted by Crippen LogP contribution is -2.35. The van der Waals surface area contributed by atoms with Crippen LogP contribution in [0.1, 0.15) is 13.8 Å². The second kappa shape index (κ2) is 4.02. The molecule has 0 aliphatic carbocycles. The number of nitrogens with one attached hydrogen (secondary N) is 1. The molecule has 0 saturated heterocycles. The zero-order valence-corrected chi connectivity index (χ0v) is 8.89. The van der Waals surface area contributed by atoms with Gasteiger partial charge in [0.1, 0.15) is 0 Å². The maximum absolute atomic E-state index is 11.0. The van der Waals surface area contributed by atoms with Crippen molar-refractivity contribution in [2.75, 3.05) is 5.75 Å².